The van der Waals surface area contributed by atoms with Gasteiger partial charge in [0.15, 0.2) is 9.84 Å². The second-order valence-electron chi connectivity index (χ2n) is 4.95. The van der Waals surface area contributed by atoms with Crippen LogP contribution in [0.15, 0.2) is 23.1 Å². The zero-order chi connectivity index (χ0) is 12.6. The Balaban J connectivity index is 2.20. The first kappa shape index (κ1) is 12.4. The van der Waals surface area contributed by atoms with Crippen LogP contribution in [0.4, 0.5) is 5.69 Å². The molecule has 1 aromatic carbocycles. The molecule has 5 heteroatoms. The highest BCUT2D eigenvalue weighted by Gasteiger charge is 2.26. The predicted octanol–water partition coefficient (Wildman–Crippen LogP) is 0.952. The first-order valence-electron chi connectivity index (χ1n) is 5.70. The largest absolute Gasteiger partial charge is 0.398 e. The first-order chi connectivity index (χ1) is 7.86. The fraction of sp³-hybridized carbons (Fsp3) is 0.500. The SMILES string of the molecule is CS(=O)(=O)c1cc(CC2CC(N)C2)ccc1N. The van der Waals surface area contributed by atoms with Gasteiger partial charge in [-0.15, -0.1) is 0 Å². The van der Waals surface area contributed by atoms with Gasteiger partial charge in [-0.05, 0) is 42.9 Å². The van der Waals surface area contributed by atoms with Gasteiger partial charge in [0.1, 0.15) is 0 Å². The molecule has 0 atom stereocenters. The molecule has 4 nitrogen and oxygen atoms in total. The van der Waals surface area contributed by atoms with Gasteiger partial charge in [0.2, 0.25) is 0 Å². The minimum Gasteiger partial charge on any atom is -0.398 e. The lowest BCUT2D eigenvalue weighted by Crippen LogP contribution is -2.37. The zero-order valence-corrected chi connectivity index (χ0v) is 10.7. The van der Waals surface area contributed by atoms with E-state index in [-0.39, 0.29) is 4.90 Å². The molecule has 0 bridgehead atoms. The Hall–Kier alpha value is -1.07. The van der Waals surface area contributed by atoms with Crippen molar-refractivity contribution in [2.45, 2.75) is 30.2 Å². The van der Waals surface area contributed by atoms with Crippen LogP contribution < -0.4 is 11.5 Å². The van der Waals surface area contributed by atoms with Gasteiger partial charge in [0.05, 0.1) is 10.6 Å². The molecule has 17 heavy (non-hydrogen) atoms. The van der Waals surface area contributed by atoms with E-state index in [1.54, 1.807) is 12.1 Å². The molecular weight excluding hydrogens is 236 g/mol. The number of rotatable bonds is 3. The predicted molar refractivity (Wildman–Crippen MR) is 68.4 cm³/mol. The molecule has 0 amide bonds. The average molecular weight is 254 g/mol. The fourth-order valence-corrected chi connectivity index (χ4v) is 3.18. The number of benzene rings is 1. The van der Waals surface area contributed by atoms with Gasteiger partial charge in [-0.3, -0.25) is 0 Å². The minimum atomic E-state index is -3.24. The molecule has 1 aromatic rings. The van der Waals surface area contributed by atoms with Crippen LogP contribution >= 0.6 is 0 Å². The van der Waals surface area contributed by atoms with Gasteiger partial charge < -0.3 is 11.5 Å². The molecule has 2 rings (SSSR count). The number of anilines is 1. The van der Waals surface area contributed by atoms with Crippen molar-refractivity contribution < 1.29 is 8.42 Å². The van der Waals surface area contributed by atoms with Gasteiger partial charge >= 0.3 is 0 Å². The van der Waals surface area contributed by atoms with Crippen LogP contribution in [0.3, 0.4) is 0 Å². The van der Waals surface area contributed by atoms with Crippen LogP contribution in [0.1, 0.15) is 18.4 Å². The van der Waals surface area contributed by atoms with E-state index < -0.39 is 9.84 Å². The lowest BCUT2D eigenvalue weighted by molar-refractivity contribution is 0.264. The van der Waals surface area contributed by atoms with E-state index in [0.29, 0.717) is 17.6 Å². The lowest BCUT2D eigenvalue weighted by Gasteiger charge is -2.32. The van der Waals surface area contributed by atoms with Gasteiger partial charge in [0.25, 0.3) is 0 Å². The Kier molecular flexibility index (Phi) is 3.14. The summed E-state index contributed by atoms with van der Waals surface area (Å²) in [4.78, 5) is 0.235. The maximum absolute atomic E-state index is 11.5. The van der Waals surface area contributed by atoms with Crippen molar-refractivity contribution in [2.24, 2.45) is 11.7 Å². The van der Waals surface area contributed by atoms with Crippen molar-refractivity contribution in [3.05, 3.63) is 23.8 Å². The van der Waals surface area contributed by atoms with Crippen molar-refractivity contribution in [1.29, 1.82) is 0 Å². The maximum atomic E-state index is 11.5. The van der Waals surface area contributed by atoms with E-state index in [2.05, 4.69) is 0 Å². The fourth-order valence-electron chi connectivity index (χ4n) is 2.31. The number of sulfone groups is 1. The summed E-state index contributed by atoms with van der Waals surface area (Å²) in [5.74, 6) is 0.584. The van der Waals surface area contributed by atoms with E-state index in [4.69, 9.17) is 11.5 Å². The molecule has 0 unspecified atom stereocenters. The van der Waals surface area contributed by atoms with Crippen LogP contribution in [-0.4, -0.2) is 20.7 Å². The molecule has 0 aromatic heterocycles. The summed E-state index contributed by atoms with van der Waals surface area (Å²) in [6, 6.07) is 5.58. The highest BCUT2D eigenvalue weighted by molar-refractivity contribution is 7.90. The summed E-state index contributed by atoms with van der Waals surface area (Å²) < 4.78 is 23.1. The molecule has 1 fully saturated rings. The van der Waals surface area contributed by atoms with Gasteiger partial charge in [-0.25, -0.2) is 8.42 Å². The smallest absolute Gasteiger partial charge is 0.177 e. The number of hydrogen-bond donors (Lipinski definition) is 2. The van der Waals surface area contributed by atoms with E-state index in [1.807, 2.05) is 6.07 Å². The third kappa shape index (κ3) is 2.79. The molecule has 0 radical (unpaired) electrons. The molecule has 1 aliphatic carbocycles. The summed E-state index contributed by atoms with van der Waals surface area (Å²) in [7, 11) is -3.24. The third-order valence-electron chi connectivity index (χ3n) is 3.27. The van der Waals surface area contributed by atoms with Gasteiger partial charge in [0, 0.05) is 12.3 Å². The van der Waals surface area contributed by atoms with Crippen LogP contribution in [0.25, 0.3) is 0 Å². The quantitative estimate of drug-likeness (QED) is 0.786. The molecule has 4 N–H and O–H groups in total. The summed E-state index contributed by atoms with van der Waals surface area (Å²) >= 11 is 0. The topological polar surface area (TPSA) is 86.2 Å². The van der Waals surface area contributed by atoms with Gasteiger partial charge in [-0.1, -0.05) is 6.07 Å². The molecule has 0 aliphatic heterocycles. The van der Waals surface area contributed by atoms with Gasteiger partial charge in [-0.2, -0.15) is 0 Å². The van der Waals surface area contributed by atoms with E-state index in [9.17, 15) is 8.42 Å². The van der Waals surface area contributed by atoms with Crippen molar-refractivity contribution >= 4 is 15.5 Å². The summed E-state index contributed by atoms with van der Waals surface area (Å²) in [6.07, 6.45) is 4.12. The molecule has 1 aliphatic rings. The second-order valence-corrected chi connectivity index (χ2v) is 6.93. The molecule has 94 valence electrons. The number of hydrogen-bond acceptors (Lipinski definition) is 4. The Labute approximate surface area is 102 Å². The zero-order valence-electron chi connectivity index (χ0n) is 9.89. The Bertz CT molecular complexity index is 519. The Morgan fingerprint density at radius 1 is 1.35 bits per heavy atom. The number of nitrogen functional groups attached to an aromatic ring is 1. The number of nitrogens with two attached hydrogens (primary N) is 2. The molecule has 0 heterocycles. The van der Waals surface area contributed by atoms with Crippen LogP contribution in [0.5, 0.6) is 0 Å². The molecule has 0 spiro atoms. The molecule has 1 saturated carbocycles. The average Bonchev–Trinajstić information content (AvgIpc) is 2.16. The van der Waals surface area contributed by atoms with E-state index in [0.717, 1.165) is 24.8 Å². The summed E-state index contributed by atoms with van der Waals surface area (Å²) in [5, 5.41) is 0. The van der Waals surface area contributed by atoms with E-state index in [1.165, 1.54) is 6.26 Å². The van der Waals surface area contributed by atoms with E-state index >= 15 is 0 Å². The first-order valence-corrected chi connectivity index (χ1v) is 7.59. The Morgan fingerprint density at radius 2 is 2.00 bits per heavy atom. The minimum absolute atomic E-state index is 0.235. The highest BCUT2D eigenvalue weighted by Crippen LogP contribution is 2.30. The van der Waals surface area contributed by atoms with Crippen LogP contribution in [-0.2, 0) is 16.3 Å². The third-order valence-corrected chi connectivity index (χ3v) is 4.43. The highest BCUT2D eigenvalue weighted by atomic mass is 32.2. The van der Waals surface area contributed by atoms with Crippen LogP contribution in [0.2, 0.25) is 0 Å². The van der Waals surface area contributed by atoms with Crippen molar-refractivity contribution in [1.82, 2.24) is 0 Å². The summed E-state index contributed by atoms with van der Waals surface area (Å²) in [6.45, 7) is 0. The normalized spacial score (nSPS) is 24.4. The Morgan fingerprint density at radius 3 is 2.53 bits per heavy atom. The second kappa shape index (κ2) is 4.31. The van der Waals surface area contributed by atoms with Crippen molar-refractivity contribution in [2.75, 3.05) is 12.0 Å². The van der Waals surface area contributed by atoms with Crippen LogP contribution in [0, 0.1) is 5.92 Å². The summed E-state index contributed by atoms with van der Waals surface area (Å²) in [5.41, 5.74) is 12.8. The maximum Gasteiger partial charge on any atom is 0.177 e. The van der Waals surface area contributed by atoms with Crippen molar-refractivity contribution in [3.8, 4) is 0 Å². The molecule has 0 saturated heterocycles. The lowest BCUT2D eigenvalue weighted by atomic mass is 9.77. The molecular formula is C12H18N2O2S. The monoisotopic (exact) mass is 254 g/mol. The van der Waals surface area contributed by atoms with Crippen molar-refractivity contribution in [3.63, 3.8) is 0 Å². The standard InChI is InChI=1S/C12H18N2O2S/c1-17(15,16)12-7-8(2-3-11(12)14)4-9-5-10(13)6-9/h2-3,7,9-10H,4-6,13-14H2,1H3.